The smallest absolute Gasteiger partial charge is 0.276 e. The van der Waals surface area contributed by atoms with Crippen molar-refractivity contribution in [1.82, 2.24) is 25.9 Å². The fraction of sp³-hybridized carbons (Fsp3) is 0.0909. The van der Waals surface area contributed by atoms with Crippen molar-refractivity contribution in [2.75, 3.05) is 0 Å². The molecule has 0 radical (unpaired) electrons. The molecule has 0 unspecified atom stereocenters. The lowest BCUT2D eigenvalue weighted by atomic mass is 10.1. The van der Waals surface area contributed by atoms with Crippen molar-refractivity contribution < 1.29 is 9.72 Å². The molecular weight excluding hydrogens is 264 g/mol. The summed E-state index contributed by atoms with van der Waals surface area (Å²) in [6, 6.07) is 6.15. The zero-order valence-electron chi connectivity index (χ0n) is 10.2. The van der Waals surface area contributed by atoms with Gasteiger partial charge in [0.15, 0.2) is 5.82 Å². The maximum Gasteiger partial charge on any atom is 0.276 e. The van der Waals surface area contributed by atoms with Gasteiger partial charge >= 0.3 is 0 Å². The van der Waals surface area contributed by atoms with Gasteiger partial charge in [0.25, 0.3) is 5.69 Å². The minimum absolute atomic E-state index is 0.0604. The van der Waals surface area contributed by atoms with Crippen LogP contribution in [-0.4, -0.2) is 31.5 Å². The number of aromatic amines is 1. The Kier molecular flexibility index (Phi) is 4.12. The van der Waals surface area contributed by atoms with Gasteiger partial charge in [-0.25, -0.2) is 0 Å². The Balaban J connectivity index is 1.98. The standard InChI is InChI=1S/C11H10N6O3/c18-11(12-7-10-13-15-16-14-10)6-5-8-3-1-2-4-9(8)17(19)20/h1-6H,7H2,(H,12,18)(H,13,14,15,16). The molecule has 0 saturated heterocycles. The van der Waals surface area contributed by atoms with Crippen molar-refractivity contribution in [3.8, 4) is 0 Å². The lowest BCUT2D eigenvalue weighted by Gasteiger charge is -1.98. The topological polar surface area (TPSA) is 127 Å². The molecule has 2 aromatic rings. The number of nitro groups is 1. The summed E-state index contributed by atoms with van der Waals surface area (Å²) in [6.45, 7) is 0.122. The molecule has 9 heteroatoms. The van der Waals surface area contributed by atoms with Crippen LogP contribution < -0.4 is 5.32 Å². The Labute approximate surface area is 112 Å². The van der Waals surface area contributed by atoms with E-state index in [4.69, 9.17) is 0 Å². The van der Waals surface area contributed by atoms with Crippen LogP contribution in [0.1, 0.15) is 11.4 Å². The van der Waals surface area contributed by atoms with Crippen LogP contribution in [0.25, 0.3) is 6.08 Å². The molecule has 20 heavy (non-hydrogen) atoms. The van der Waals surface area contributed by atoms with Crippen LogP contribution in [-0.2, 0) is 11.3 Å². The first kappa shape index (κ1) is 13.3. The van der Waals surface area contributed by atoms with E-state index in [9.17, 15) is 14.9 Å². The lowest BCUT2D eigenvalue weighted by Crippen LogP contribution is -2.21. The lowest BCUT2D eigenvalue weighted by molar-refractivity contribution is -0.385. The molecule has 0 aliphatic carbocycles. The van der Waals surface area contributed by atoms with E-state index in [2.05, 4.69) is 25.9 Å². The van der Waals surface area contributed by atoms with Crippen LogP contribution in [0.4, 0.5) is 5.69 Å². The first-order valence-electron chi connectivity index (χ1n) is 5.58. The van der Waals surface area contributed by atoms with E-state index in [0.29, 0.717) is 11.4 Å². The first-order valence-corrected chi connectivity index (χ1v) is 5.58. The third-order valence-corrected chi connectivity index (χ3v) is 2.36. The van der Waals surface area contributed by atoms with Gasteiger partial charge in [-0.3, -0.25) is 14.9 Å². The summed E-state index contributed by atoms with van der Waals surface area (Å²) in [5, 5.41) is 26.3. The maximum absolute atomic E-state index is 11.5. The van der Waals surface area contributed by atoms with E-state index in [1.165, 1.54) is 18.2 Å². The van der Waals surface area contributed by atoms with Crippen molar-refractivity contribution >= 4 is 17.7 Å². The average Bonchev–Trinajstić information content (AvgIpc) is 2.96. The Bertz CT molecular complexity index is 637. The molecule has 1 aromatic heterocycles. The number of amides is 1. The van der Waals surface area contributed by atoms with Crippen LogP contribution in [0.2, 0.25) is 0 Å². The number of rotatable bonds is 5. The SMILES string of the molecule is O=C(C=Cc1ccccc1[N+](=O)[O-])NCc1nn[nH]n1. The molecule has 0 saturated carbocycles. The zero-order chi connectivity index (χ0) is 14.4. The Morgan fingerprint density at radius 1 is 1.45 bits per heavy atom. The molecule has 0 aliphatic heterocycles. The second-order valence-electron chi connectivity index (χ2n) is 3.70. The number of carbonyl (C=O) groups excluding carboxylic acids is 1. The van der Waals surface area contributed by atoms with Crippen LogP contribution in [0.3, 0.4) is 0 Å². The predicted octanol–water partition coefficient (Wildman–Crippen LogP) is 0.437. The van der Waals surface area contributed by atoms with Gasteiger partial charge in [0.2, 0.25) is 5.91 Å². The molecular formula is C11H10N6O3. The molecule has 1 aromatic carbocycles. The number of tetrazole rings is 1. The third kappa shape index (κ3) is 3.45. The van der Waals surface area contributed by atoms with E-state index in [1.54, 1.807) is 18.2 Å². The zero-order valence-corrected chi connectivity index (χ0v) is 10.2. The predicted molar refractivity (Wildman–Crippen MR) is 68.2 cm³/mol. The van der Waals surface area contributed by atoms with Gasteiger partial charge in [0, 0.05) is 12.1 Å². The molecule has 2 rings (SSSR count). The molecule has 0 fully saturated rings. The van der Waals surface area contributed by atoms with Crippen molar-refractivity contribution in [2.45, 2.75) is 6.54 Å². The second kappa shape index (κ2) is 6.18. The van der Waals surface area contributed by atoms with E-state index in [0.717, 1.165) is 0 Å². The number of hydrogen-bond acceptors (Lipinski definition) is 6. The van der Waals surface area contributed by atoms with Gasteiger partial charge in [-0.2, -0.15) is 5.21 Å². The monoisotopic (exact) mass is 274 g/mol. The van der Waals surface area contributed by atoms with E-state index < -0.39 is 10.8 Å². The van der Waals surface area contributed by atoms with Crippen molar-refractivity contribution in [3.63, 3.8) is 0 Å². The summed E-state index contributed by atoms with van der Waals surface area (Å²) < 4.78 is 0. The maximum atomic E-state index is 11.5. The molecule has 9 nitrogen and oxygen atoms in total. The van der Waals surface area contributed by atoms with Crippen molar-refractivity contribution in [2.24, 2.45) is 0 Å². The molecule has 0 bridgehead atoms. The number of para-hydroxylation sites is 1. The number of benzene rings is 1. The Morgan fingerprint density at radius 3 is 2.95 bits per heavy atom. The normalized spacial score (nSPS) is 10.6. The van der Waals surface area contributed by atoms with Gasteiger partial charge < -0.3 is 5.32 Å². The van der Waals surface area contributed by atoms with Gasteiger partial charge in [0.05, 0.1) is 17.0 Å². The molecule has 1 amide bonds. The number of nitrogens with zero attached hydrogens (tertiary/aromatic N) is 4. The summed E-state index contributed by atoms with van der Waals surface area (Å²) in [4.78, 5) is 21.8. The van der Waals surface area contributed by atoms with E-state index in [1.807, 2.05) is 0 Å². The summed E-state index contributed by atoms with van der Waals surface area (Å²) in [7, 11) is 0. The average molecular weight is 274 g/mol. The van der Waals surface area contributed by atoms with Crippen molar-refractivity contribution in [3.05, 3.63) is 51.8 Å². The van der Waals surface area contributed by atoms with Crippen LogP contribution in [0.15, 0.2) is 30.3 Å². The molecule has 1 heterocycles. The Hall–Kier alpha value is -3.10. The highest BCUT2D eigenvalue weighted by Gasteiger charge is 2.09. The fourth-order valence-corrected chi connectivity index (χ4v) is 1.44. The summed E-state index contributed by atoms with van der Waals surface area (Å²) >= 11 is 0. The molecule has 0 spiro atoms. The van der Waals surface area contributed by atoms with Crippen LogP contribution in [0, 0.1) is 10.1 Å². The quantitative estimate of drug-likeness (QED) is 0.462. The molecule has 0 atom stereocenters. The highest BCUT2D eigenvalue weighted by Crippen LogP contribution is 2.18. The number of nitrogens with one attached hydrogen (secondary N) is 2. The number of aromatic nitrogens is 4. The Morgan fingerprint density at radius 2 is 2.25 bits per heavy atom. The van der Waals surface area contributed by atoms with Gasteiger partial charge in [-0.1, -0.05) is 17.3 Å². The minimum atomic E-state index is -0.503. The summed E-state index contributed by atoms with van der Waals surface area (Å²) in [5.41, 5.74) is 0.293. The number of carbonyl (C=O) groups is 1. The number of H-pyrrole nitrogens is 1. The van der Waals surface area contributed by atoms with E-state index >= 15 is 0 Å². The van der Waals surface area contributed by atoms with E-state index in [-0.39, 0.29) is 12.2 Å². The fourth-order valence-electron chi connectivity index (χ4n) is 1.44. The largest absolute Gasteiger partial charge is 0.345 e. The first-order chi connectivity index (χ1) is 9.66. The highest BCUT2D eigenvalue weighted by atomic mass is 16.6. The third-order valence-electron chi connectivity index (χ3n) is 2.36. The van der Waals surface area contributed by atoms with Crippen LogP contribution >= 0.6 is 0 Å². The summed E-state index contributed by atoms with van der Waals surface area (Å²) in [6.07, 6.45) is 2.59. The highest BCUT2D eigenvalue weighted by molar-refractivity contribution is 5.92. The molecule has 2 N–H and O–H groups in total. The molecule has 0 aliphatic rings. The number of nitro benzene ring substituents is 1. The van der Waals surface area contributed by atoms with Gasteiger partial charge in [0.1, 0.15) is 0 Å². The number of hydrogen-bond donors (Lipinski definition) is 2. The minimum Gasteiger partial charge on any atom is -0.345 e. The van der Waals surface area contributed by atoms with Gasteiger partial charge in [-0.05, 0) is 12.1 Å². The molecule has 102 valence electrons. The van der Waals surface area contributed by atoms with Gasteiger partial charge in [-0.15, -0.1) is 10.2 Å². The summed E-state index contributed by atoms with van der Waals surface area (Å²) in [5.74, 6) is -0.0645. The second-order valence-corrected chi connectivity index (χ2v) is 3.70. The van der Waals surface area contributed by atoms with Crippen molar-refractivity contribution in [1.29, 1.82) is 0 Å². The van der Waals surface area contributed by atoms with Crippen LogP contribution in [0.5, 0.6) is 0 Å².